The molecule has 2 unspecified atom stereocenters. The van der Waals surface area contributed by atoms with Crippen LogP contribution in [0.25, 0.3) is 10.9 Å². The molecule has 10 heteroatoms. The molecule has 8 nitrogen and oxygen atoms in total. The van der Waals surface area contributed by atoms with Gasteiger partial charge in [0.05, 0.1) is 37.2 Å². The van der Waals surface area contributed by atoms with Crippen molar-refractivity contribution in [3.05, 3.63) is 53.2 Å². The molecule has 168 valence electrons. The summed E-state index contributed by atoms with van der Waals surface area (Å²) >= 11 is 5.85. The zero-order valence-corrected chi connectivity index (χ0v) is 18.5. The van der Waals surface area contributed by atoms with E-state index in [9.17, 15) is 14.4 Å². The zero-order chi connectivity index (χ0) is 23.1. The molecular weight excluding hydrogens is 447 g/mol. The second-order valence-corrected chi connectivity index (χ2v) is 8.45. The first-order valence-corrected chi connectivity index (χ1v) is 10.8. The number of ether oxygens (including phenoxy) is 1. The van der Waals surface area contributed by atoms with Gasteiger partial charge in [-0.3, -0.25) is 14.7 Å². The van der Waals surface area contributed by atoms with Crippen LogP contribution in [0.4, 0.5) is 15.8 Å². The summed E-state index contributed by atoms with van der Waals surface area (Å²) in [5, 5.41) is 12.6. The van der Waals surface area contributed by atoms with Gasteiger partial charge in [-0.05, 0) is 17.7 Å². The average Bonchev–Trinajstić information content (AvgIpc) is 2.82. The van der Waals surface area contributed by atoms with Crippen molar-refractivity contribution in [3.63, 3.8) is 0 Å². The number of aromatic nitrogens is 2. The van der Waals surface area contributed by atoms with Crippen LogP contribution in [0.5, 0.6) is 5.75 Å². The van der Waals surface area contributed by atoms with Crippen LogP contribution >= 0.6 is 11.6 Å². The van der Waals surface area contributed by atoms with Crippen molar-refractivity contribution in [1.29, 1.82) is 5.26 Å². The molecule has 3 aromatic rings. The minimum absolute atomic E-state index is 0.0983. The van der Waals surface area contributed by atoms with Crippen LogP contribution in [0.15, 0.2) is 36.7 Å². The van der Waals surface area contributed by atoms with E-state index < -0.39 is 11.9 Å². The fourth-order valence-electron chi connectivity index (χ4n) is 4.58. The number of nitrogens with zero attached hydrogens (tertiary/aromatic N) is 5. The lowest BCUT2D eigenvalue weighted by molar-refractivity contribution is -0.119. The van der Waals surface area contributed by atoms with E-state index in [4.69, 9.17) is 16.3 Å². The van der Waals surface area contributed by atoms with E-state index in [1.165, 1.54) is 12.4 Å². The molecular formula is C23H20ClFN6O2. The van der Waals surface area contributed by atoms with Gasteiger partial charge in [-0.15, -0.1) is 0 Å². The number of carbonyl (C=O) groups excluding carboxylic acids is 1. The van der Waals surface area contributed by atoms with Crippen molar-refractivity contribution in [3.8, 4) is 11.8 Å². The highest BCUT2D eigenvalue weighted by molar-refractivity contribution is 6.30. The van der Waals surface area contributed by atoms with Crippen molar-refractivity contribution in [2.75, 3.05) is 30.4 Å². The van der Waals surface area contributed by atoms with Crippen LogP contribution in [-0.4, -0.2) is 53.1 Å². The fraction of sp³-hybridized carbons (Fsp3) is 0.304. The van der Waals surface area contributed by atoms with Crippen LogP contribution in [-0.2, 0) is 11.3 Å². The van der Waals surface area contributed by atoms with Crippen LogP contribution in [0, 0.1) is 17.1 Å². The average molecular weight is 467 g/mol. The van der Waals surface area contributed by atoms with Crippen LogP contribution in [0.2, 0.25) is 5.15 Å². The number of piperazine rings is 1. The predicted molar refractivity (Wildman–Crippen MR) is 122 cm³/mol. The highest BCUT2D eigenvalue weighted by Gasteiger charge is 2.42. The summed E-state index contributed by atoms with van der Waals surface area (Å²) in [5.74, 6) is -0.0971. The number of amides is 1. The van der Waals surface area contributed by atoms with Crippen molar-refractivity contribution < 1.29 is 13.9 Å². The van der Waals surface area contributed by atoms with E-state index in [1.54, 1.807) is 7.11 Å². The smallest absolute Gasteiger partial charge is 0.248 e. The van der Waals surface area contributed by atoms with Gasteiger partial charge in [0.1, 0.15) is 17.3 Å². The summed E-state index contributed by atoms with van der Waals surface area (Å²) in [6, 6.07) is 9.36. The monoisotopic (exact) mass is 466 g/mol. The number of carbonyl (C=O) groups is 1. The lowest BCUT2D eigenvalue weighted by atomic mass is 9.98. The van der Waals surface area contributed by atoms with Gasteiger partial charge in [0.25, 0.3) is 0 Å². The van der Waals surface area contributed by atoms with Crippen LogP contribution in [0.3, 0.4) is 0 Å². The normalized spacial score (nSPS) is 20.1. The summed E-state index contributed by atoms with van der Waals surface area (Å²) in [7, 11) is 1.62. The molecule has 0 saturated carbocycles. The first-order chi connectivity index (χ1) is 16.0. The van der Waals surface area contributed by atoms with Gasteiger partial charge in [-0.25, -0.2) is 9.37 Å². The van der Waals surface area contributed by atoms with E-state index in [2.05, 4.69) is 26.3 Å². The summed E-state index contributed by atoms with van der Waals surface area (Å²) in [4.78, 5) is 25.2. The van der Waals surface area contributed by atoms with Gasteiger partial charge < -0.3 is 15.0 Å². The molecule has 1 saturated heterocycles. The summed E-state index contributed by atoms with van der Waals surface area (Å²) in [5.41, 5.74) is 2.30. The van der Waals surface area contributed by atoms with Gasteiger partial charge in [0.2, 0.25) is 5.91 Å². The van der Waals surface area contributed by atoms with Gasteiger partial charge in [-0.1, -0.05) is 23.7 Å². The SMILES string of the molecule is COc1ccc(CN2CC3C(=O)Nc4cnc5c(F)c(Cl)ncc5c4N3CC2CC#N)cc1. The Kier molecular flexibility index (Phi) is 5.48. The summed E-state index contributed by atoms with van der Waals surface area (Å²) in [6.45, 7) is 1.43. The number of methoxy groups -OCH3 is 1. The Bertz CT molecular complexity index is 1280. The second kappa shape index (κ2) is 8.46. The summed E-state index contributed by atoms with van der Waals surface area (Å²) in [6.07, 6.45) is 3.20. The molecule has 0 bridgehead atoms. The van der Waals surface area contributed by atoms with Gasteiger partial charge in [-0.2, -0.15) is 5.26 Å². The lowest BCUT2D eigenvalue weighted by Gasteiger charge is -2.48. The molecule has 0 aliphatic carbocycles. The van der Waals surface area contributed by atoms with Crippen molar-refractivity contribution in [2.45, 2.75) is 25.0 Å². The Hall–Kier alpha value is -3.48. The van der Waals surface area contributed by atoms with E-state index >= 15 is 0 Å². The maximum absolute atomic E-state index is 14.6. The molecule has 4 heterocycles. The third-order valence-electron chi connectivity index (χ3n) is 6.21. The zero-order valence-electron chi connectivity index (χ0n) is 17.8. The topological polar surface area (TPSA) is 94.4 Å². The number of hydrogen-bond acceptors (Lipinski definition) is 7. The Morgan fingerprint density at radius 1 is 1.27 bits per heavy atom. The van der Waals surface area contributed by atoms with Crippen molar-refractivity contribution in [1.82, 2.24) is 14.9 Å². The highest BCUT2D eigenvalue weighted by atomic mass is 35.5. The van der Waals surface area contributed by atoms with E-state index in [-0.39, 0.29) is 29.0 Å². The highest BCUT2D eigenvalue weighted by Crippen LogP contribution is 2.41. The molecule has 0 spiro atoms. The fourth-order valence-corrected chi connectivity index (χ4v) is 4.71. The van der Waals surface area contributed by atoms with Gasteiger partial charge in [0, 0.05) is 37.3 Å². The minimum atomic E-state index is -0.697. The molecule has 1 aromatic carbocycles. The van der Waals surface area contributed by atoms with Gasteiger partial charge >= 0.3 is 0 Å². The Morgan fingerprint density at radius 2 is 2.06 bits per heavy atom. The number of nitrogens with one attached hydrogen (secondary N) is 1. The van der Waals surface area contributed by atoms with E-state index in [0.29, 0.717) is 36.4 Å². The Balaban J connectivity index is 1.52. The second-order valence-electron chi connectivity index (χ2n) is 8.10. The number of pyridine rings is 2. The molecule has 0 radical (unpaired) electrons. The number of fused-ring (bicyclic) bond motifs is 5. The largest absolute Gasteiger partial charge is 0.497 e. The van der Waals surface area contributed by atoms with Crippen molar-refractivity contribution >= 4 is 39.8 Å². The Morgan fingerprint density at radius 3 is 2.79 bits per heavy atom. The molecule has 2 atom stereocenters. The molecule has 1 N–H and O–H groups in total. The van der Waals surface area contributed by atoms with E-state index in [0.717, 1.165) is 11.3 Å². The first kappa shape index (κ1) is 21.4. The molecule has 1 fully saturated rings. The lowest BCUT2D eigenvalue weighted by Crippen LogP contribution is -2.63. The molecule has 5 rings (SSSR count). The Labute approximate surface area is 194 Å². The number of nitriles is 1. The van der Waals surface area contributed by atoms with E-state index in [1.807, 2.05) is 29.2 Å². The molecule has 2 aliphatic rings. The molecule has 2 aliphatic heterocycles. The number of anilines is 2. The third kappa shape index (κ3) is 3.71. The standard InChI is InChI=1S/C23H20ClFN6O2/c1-33-15-4-2-13(3-5-15)10-30-12-18-23(32)29-17-9-27-20-16(8-28-22(24)19(20)25)21(17)31(18)11-14(30)6-7-26/h2-5,8-9,14,18H,6,10-12H2,1H3,(H,29,32). The van der Waals surface area contributed by atoms with Gasteiger partial charge in [0.15, 0.2) is 11.0 Å². The maximum Gasteiger partial charge on any atom is 0.248 e. The van der Waals surface area contributed by atoms with Crippen molar-refractivity contribution in [2.24, 2.45) is 0 Å². The molecule has 1 amide bonds. The quantitative estimate of drug-likeness (QED) is 0.589. The van der Waals surface area contributed by atoms with Crippen LogP contribution in [0.1, 0.15) is 12.0 Å². The third-order valence-corrected chi connectivity index (χ3v) is 6.47. The number of hydrogen-bond donors (Lipinski definition) is 1. The molecule has 2 aromatic heterocycles. The van der Waals surface area contributed by atoms with Crippen LogP contribution < -0.4 is 15.0 Å². The predicted octanol–water partition coefficient (Wildman–Crippen LogP) is 3.36. The number of rotatable bonds is 4. The first-order valence-electron chi connectivity index (χ1n) is 10.4. The number of halogens is 2. The number of benzene rings is 1. The molecule has 33 heavy (non-hydrogen) atoms. The summed E-state index contributed by atoms with van der Waals surface area (Å²) < 4.78 is 19.8. The minimum Gasteiger partial charge on any atom is -0.497 e. The maximum atomic E-state index is 14.6.